The number of nitro groups is 1. The number of nitrogens with zero attached hydrogens (tertiary/aromatic N) is 1. The van der Waals surface area contributed by atoms with E-state index in [2.05, 4.69) is 0 Å². The van der Waals surface area contributed by atoms with Gasteiger partial charge in [-0.2, -0.15) is 4.39 Å². The minimum Gasteiger partial charge on any atom is -0.437 e. The third-order valence-electron chi connectivity index (χ3n) is 2.43. The van der Waals surface area contributed by atoms with Gasteiger partial charge < -0.3 is 9.84 Å². The molecule has 1 heterocycles. The van der Waals surface area contributed by atoms with Crippen LogP contribution in [-0.2, 0) is 0 Å². The molecule has 0 amide bonds. The van der Waals surface area contributed by atoms with Crippen molar-refractivity contribution in [2.75, 3.05) is 0 Å². The summed E-state index contributed by atoms with van der Waals surface area (Å²) in [6.45, 7) is 1.43. The highest BCUT2D eigenvalue weighted by Crippen LogP contribution is 2.42. The number of benzene rings is 1. The standard InChI is InChI=1S/C12H9F2NO4S/c1-6(16)10-5-8(15(17)18)12(20-10)19-9-4-2-3-7(13)11(9)14/h2-6,16H,1H3/t6-/m0/s1. The zero-order chi connectivity index (χ0) is 14.9. The molecule has 0 aliphatic heterocycles. The van der Waals surface area contributed by atoms with Gasteiger partial charge in [0.15, 0.2) is 11.6 Å². The summed E-state index contributed by atoms with van der Waals surface area (Å²) in [5.41, 5.74) is -0.408. The van der Waals surface area contributed by atoms with Gasteiger partial charge in [-0.15, -0.1) is 0 Å². The number of aliphatic hydroxyl groups is 1. The molecule has 8 heteroatoms. The number of thiophene rings is 1. The van der Waals surface area contributed by atoms with Crippen LogP contribution < -0.4 is 4.74 Å². The van der Waals surface area contributed by atoms with Crippen molar-refractivity contribution >= 4 is 17.0 Å². The fourth-order valence-electron chi connectivity index (χ4n) is 1.45. The summed E-state index contributed by atoms with van der Waals surface area (Å²) >= 11 is 0.802. The van der Waals surface area contributed by atoms with Gasteiger partial charge in [0.1, 0.15) is 0 Å². The molecule has 0 aliphatic carbocycles. The number of ether oxygens (including phenoxy) is 1. The number of hydrogen-bond acceptors (Lipinski definition) is 5. The van der Waals surface area contributed by atoms with Crippen LogP contribution in [0.1, 0.15) is 17.9 Å². The van der Waals surface area contributed by atoms with Gasteiger partial charge >= 0.3 is 5.69 Å². The van der Waals surface area contributed by atoms with E-state index in [1.807, 2.05) is 0 Å². The van der Waals surface area contributed by atoms with Crippen molar-refractivity contribution in [1.82, 2.24) is 0 Å². The molecule has 2 rings (SSSR count). The third kappa shape index (κ3) is 2.75. The van der Waals surface area contributed by atoms with E-state index in [1.54, 1.807) is 0 Å². The molecule has 0 bridgehead atoms. The first-order valence-corrected chi connectivity index (χ1v) is 6.30. The van der Waals surface area contributed by atoms with Crippen LogP contribution in [0, 0.1) is 21.7 Å². The molecule has 0 saturated carbocycles. The van der Waals surface area contributed by atoms with E-state index in [0.29, 0.717) is 4.88 Å². The maximum absolute atomic E-state index is 13.5. The van der Waals surface area contributed by atoms with E-state index in [1.165, 1.54) is 13.0 Å². The van der Waals surface area contributed by atoms with Crippen molar-refractivity contribution in [3.8, 4) is 10.8 Å². The van der Waals surface area contributed by atoms with Crippen molar-refractivity contribution in [2.24, 2.45) is 0 Å². The van der Waals surface area contributed by atoms with Gasteiger partial charge in [-0.25, -0.2) is 4.39 Å². The fourth-order valence-corrected chi connectivity index (χ4v) is 2.38. The Balaban J connectivity index is 2.42. The summed E-state index contributed by atoms with van der Waals surface area (Å²) in [4.78, 5) is 10.5. The SMILES string of the molecule is C[C@H](O)c1cc([N+](=O)[O-])c(Oc2cccc(F)c2F)s1. The van der Waals surface area contributed by atoms with Crippen molar-refractivity contribution in [1.29, 1.82) is 0 Å². The lowest BCUT2D eigenvalue weighted by Crippen LogP contribution is -1.93. The molecule has 0 unspecified atom stereocenters. The minimum atomic E-state index is -1.23. The van der Waals surface area contributed by atoms with Gasteiger partial charge in [-0.1, -0.05) is 17.4 Å². The largest absolute Gasteiger partial charge is 0.437 e. The highest BCUT2D eigenvalue weighted by Gasteiger charge is 2.24. The zero-order valence-corrected chi connectivity index (χ0v) is 11.0. The molecule has 5 nitrogen and oxygen atoms in total. The van der Waals surface area contributed by atoms with Crippen molar-refractivity contribution in [3.63, 3.8) is 0 Å². The summed E-state index contributed by atoms with van der Waals surface area (Å²) in [5, 5.41) is 20.1. The molecule has 106 valence electrons. The normalized spacial score (nSPS) is 12.2. The number of aliphatic hydroxyl groups excluding tert-OH is 1. The summed E-state index contributed by atoms with van der Waals surface area (Å²) < 4.78 is 31.6. The average molecular weight is 301 g/mol. The average Bonchev–Trinajstić information content (AvgIpc) is 2.79. The Morgan fingerprint density at radius 2 is 2.15 bits per heavy atom. The van der Waals surface area contributed by atoms with Crippen molar-refractivity contribution in [3.05, 3.63) is 50.9 Å². The van der Waals surface area contributed by atoms with E-state index in [9.17, 15) is 24.0 Å². The second-order valence-corrected chi connectivity index (χ2v) is 4.95. The summed E-state index contributed by atoms with van der Waals surface area (Å²) in [5.74, 6) is -2.79. The van der Waals surface area contributed by atoms with E-state index in [4.69, 9.17) is 4.74 Å². The van der Waals surface area contributed by atoms with Crippen LogP contribution in [0.3, 0.4) is 0 Å². The van der Waals surface area contributed by atoms with Crippen molar-refractivity contribution < 1.29 is 23.5 Å². The molecule has 1 atom stereocenters. The summed E-state index contributed by atoms with van der Waals surface area (Å²) in [6.07, 6.45) is -0.923. The quantitative estimate of drug-likeness (QED) is 0.689. The fraction of sp³-hybridized carbons (Fsp3) is 0.167. The maximum atomic E-state index is 13.5. The van der Waals surface area contributed by atoms with Crippen LogP contribution in [0.4, 0.5) is 14.5 Å². The topological polar surface area (TPSA) is 72.6 Å². The van der Waals surface area contributed by atoms with Gasteiger partial charge in [0.25, 0.3) is 5.06 Å². The van der Waals surface area contributed by atoms with E-state index in [-0.39, 0.29) is 5.06 Å². The van der Waals surface area contributed by atoms with Crippen LogP contribution >= 0.6 is 11.3 Å². The summed E-state index contributed by atoms with van der Waals surface area (Å²) in [6, 6.07) is 4.43. The second-order valence-electron chi connectivity index (χ2n) is 3.91. The van der Waals surface area contributed by atoms with Crippen LogP contribution in [0.25, 0.3) is 0 Å². The molecular weight excluding hydrogens is 292 g/mol. The Morgan fingerprint density at radius 1 is 1.45 bits per heavy atom. The molecule has 1 aromatic carbocycles. The Kier molecular flexibility index (Phi) is 3.96. The van der Waals surface area contributed by atoms with Gasteiger partial charge in [-0.3, -0.25) is 10.1 Å². The predicted octanol–water partition coefficient (Wildman–Crippen LogP) is 3.78. The molecule has 1 N–H and O–H groups in total. The lowest BCUT2D eigenvalue weighted by molar-refractivity contribution is -0.385. The highest BCUT2D eigenvalue weighted by atomic mass is 32.1. The van der Waals surface area contributed by atoms with E-state index < -0.39 is 34.1 Å². The monoisotopic (exact) mass is 301 g/mol. The first-order valence-electron chi connectivity index (χ1n) is 5.48. The molecule has 2 aromatic rings. The van der Waals surface area contributed by atoms with Gasteiger partial charge in [-0.05, 0) is 19.1 Å². The number of rotatable bonds is 4. The number of hydrogen-bond donors (Lipinski definition) is 1. The molecule has 0 spiro atoms. The lowest BCUT2D eigenvalue weighted by atomic mass is 10.3. The Hall–Kier alpha value is -2.06. The van der Waals surface area contributed by atoms with Gasteiger partial charge in [0, 0.05) is 10.9 Å². The third-order valence-corrected chi connectivity index (χ3v) is 3.60. The predicted molar refractivity (Wildman–Crippen MR) is 68.0 cm³/mol. The van der Waals surface area contributed by atoms with Crippen LogP contribution in [-0.4, -0.2) is 10.0 Å². The molecule has 20 heavy (non-hydrogen) atoms. The first kappa shape index (κ1) is 14.4. The highest BCUT2D eigenvalue weighted by molar-refractivity contribution is 7.14. The van der Waals surface area contributed by atoms with E-state index >= 15 is 0 Å². The van der Waals surface area contributed by atoms with Crippen LogP contribution in [0.2, 0.25) is 0 Å². The second kappa shape index (κ2) is 5.51. The zero-order valence-electron chi connectivity index (χ0n) is 10.2. The first-order chi connectivity index (χ1) is 9.40. The summed E-state index contributed by atoms with van der Waals surface area (Å²) in [7, 11) is 0. The molecule has 0 fully saturated rings. The van der Waals surface area contributed by atoms with Gasteiger partial charge in [0.05, 0.1) is 11.0 Å². The Morgan fingerprint density at radius 3 is 2.75 bits per heavy atom. The van der Waals surface area contributed by atoms with Gasteiger partial charge in [0.2, 0.25) is 5.82 Å². The van der Waals surface area contributed by atoms with Crippen LogP contribution in [0.15, 0.2) is 24.3 Å². The lowest BCUT2D eigenvalue weighted by Gasteiger charge is -2.04. The van der Waals surface area contributed by atoms with Crippen molar-refractivity contribution in [2.45, 2.75) is 13.0 Å². The molecule has 0 aliphatic rings. The Labute approximate surface area is 116 Å². The smallest absolute Gasteiger partial charge is 0.323 e. The molecule has 0 radical (unpaired) electrons. The Bertz CT molecular complexity index is 657. The molecular formula is C12H9F2NO4S. The minimum absolute atomic E-state index is 0.213. The molecule has 1 aromatic heterocycles. The molecule has 0 saturated heterocycles. The maximum Gasteiger partial charge on any atom is 0.323 e. The number of halogens is 2. The van der Waals surface area contributed by atoms with Crippen LogP contribution in [0.5, 0.6) is 10.8 Å². The van der Waals surface area contributed by atoms with E-state index in [0.717, 1.165) is 29.5 Å².